The van der Waals surface area contributed by atoms with E-state index in [0.717, 1.165) is 17.8 Å². The number of aromatic nitrogens is 2. The zero-order valence-electron chi connectivity index (χ0n) is 13.6. The summed E-state index contributed by atoms with van der Waals surface area (Å²) in [6.07, 6.45) is 4.98. The third kappa shape index (κ3) is 2.48. The average Bonchev–Trinajstić information content (AvgIpc) is 3.24. The van der Waals surface area contributed by atoms with Gasteiger partial charge in [0.25, 0.3) is 5.91 Å². The Hall–Kier alpha value is -2.63. The fourth-order valence-electron chi connectivity index (χ4n) is 3.80. The average molecular weight is 324 g/mol. The number of carbonyl (C=O) groups excluding carboxylic acids is 2. The summed E-state index contributed by atoms with van der Waals surface area (Å²) in [6, 6.07) is 7.68. The molecule has 124 valence electrons. The molecule has 1 N–H and O–H groups in total. The van der Waals surface area contributed by atoms with Crippen LogP contribution in [0, 0.1) is 5.92 Å². The standard InChI is InChI=1S/C18H20N4O2/c1-21-15-11-22(8-5-12(15)10-16(21)23)18(24)14-4-2-3-13(9-14)17-19-6-7-20-17/h2-4,6-7,9,12,15H,5,8,10-11H2,1H3,(H,19,20)/t12-,15-/m1/s1. The van der Waals surface area contributed by atoms with Crippen molar-refractivity contribution in [3.8, 4) is 11.4 Å². The van der Waals surface area contributed by atoms with Crippen molar-refractivity contribution in [2.45, 2.75) is 18.9 Å². The molecule has 0 spiro atoms. The maximum absolute atomic E-state index is 12.9. The molecule has 6 nitrogen and oxygen atoms in total. The summed E-state index contributed by atoms with van der Waals surface area (Å²) in [5.41, 5.74) is 1.56. The Labute approximate surface area is 140 Å². The quantitative estimate of drug-likeness (QED) is 0.915. The third-order valence-electron chi connectivity index (χ3n) is 5.22. The predicted octanol–water partition coefficient (Wildman–Crippen LogP) is 1.77. The molecule has 0 unspecified atom stereocenters. The van der Waals surface area contributed by atoms with Gasteiger partial charge in [-0.1, -0.05) is 12.1 Å². The smallest absolute Gasteiger partial charge is 0.253 e. The molecule has 0 radical (unpaired) electrons. The number of nitrogens with one attached hydrogen (secondary N) is 1. The zero-order chi connectivity index (χ0) is 16.7. The van der Waals surface area contributed by atoms with Gasteiger partial charge in [0.05, 0.1) is 6.04 Å². The van der Waals surface area contributed by atoms with Gasteiger partial charge in [-0.15, -0.1) is 0 Å². The van der Waals surface area contributed by atoms with Crippen LogP contribution in [0.15, 0.2) is 36.7 Å². The molecule has 4 rings (SSSR count). The van der Waals surface area contributed by atoms with E-state index >= 15 is 0 Å². The van der Waals surface area contributed by atoms with Crippen LogP contribution >= 0.6 is 0 Å². The first-order valence-corrected chi connectivity index (χ1v) is 8.28. The highest BCUT2D eigenvalue weighted by molar-refractivity contribution is 5.95. The predicted molar refractivity (Wildman–Crippen MR) is 89.2 cm³/mol. The number of likely N-dealkylation sites (N-methyl/N-ethyl adjacent to an activating group) is 1. The molecular formula is C18H20N4O2. The summed E-state index contributed by atoms with van der Waals surface area (Å²) in [6.45, 7) is 1.34. The van der Waals surface area contributed by atoms with Gasteiger partial charge in [0.1, 0.15) is 5.82 Å². The van der Waals surface area contributed by atoms with Gasteiger partial charge in [0, 0.05) is 50.1 Å². The minimum atomic E-state index is 0.0228. The van der Waals surface area contributed by atoms with Gasteiger partial charge in [-0.05, 0) is 24.5 Å². The maximum Gasteiger partial charge on any atom is 0.253 e. The van der Waals surface area contributed by atoms with Gasteiger partial charge in [-0.25, -0.2) is 4.98 Å². The highest BCUT2D eigenvalue weighted by atomic mass is 16.2. The normalized spacial score (nSPS) is 23.5. The molecule has 2 aliphatic rings. The van der Waals surface area contributed by atoms with Crippen molar-refractivity contribution in [1.82, 2.24) is 19.8 Å². The summed E-state index contributed by atoms with van der Waals surface area (Å²) in [5.74, 6) is 1.36. The Morgan fingerprint density at radius 1 is 1.38 bits per heavy atom. The molecule has 2 fully saturated rings. The second kappa shape index (κ2) is 5.78. The maximum atomic E-state index is 12.9. The van der Waals surface area contributed by atoms with Crippen LogP contribution in [0.25, 0.3) is 11.4 Å². The minimum absolute atomic E-state index is 0.0228. The lowest BCUT2D eigenvalue weighted by molar-refractivity contribution is -0.127. The molecule has 1 aromatic heterocycles. The van der Waals surface area contributed by atoms with Gasteiger partial charge in [-0.2, -0.15) is 0 Å². The largest absolute Gasteiger partial charge is 0.345 e. The number of aromatic amines is 1. The van der Waals surface area contributed by atoms with E-state index in [1.165, 1.54) is 0 Å². The number of H-pyrrole nitrogens is 1. The molecule has 0 aliphatic carbocycles. The van der Waals surface area contributed by atoms with Crippen molar-refractivity contribution in [3.63, 3.8) is 0 Å². The first-order valence-electron chi connectivity index (χ1n) is 8.28. The number of piperidine rings is 1. The number of fused-ring (bicyclic) bond motifs is 1. The second-order valence-electron chi connectivity index (χ2n) is 6.59. The fraction of sp³-hybridized carbons (Fsp3) is 0.389. The Kier molecular flexibility index (Phi) is 3.59. The van der Waals surface area contributed by atoms with Crippen molar-refractivity contribution in [3.05, 3.63) is 42.2 Å². The molecule has 3 heterocycles. The third-order valence-corrected chi connectivity index (χ3v) is 5.22. The van der Waals surface area contributed by atoms with Crippen LogP contribution in [0.5, 0.6) is 0 Å². The number of amides is 2. The van der Waals surface area contributed by atoms with Crippen molar-refractivity contribution in [1.29, 1.82) is 0 Å². The fourth-order valence-corrected chi connectivity index (χ4v) is 3.80. The van der Waals surface area contributed by atoms with Crippen LogP contribution in [0.1, 0.15) is 23.2 Å². The number of benzene rings is 1. The highest BCUT2D eigenvalue weighted by Crippen LogP contribution is 2.32. The van der Waals surface area contributed by atoms with Crippen molar-refractivity contribution in [2.75, 3.05) is 20.1 Å². The number of hydrogen-bond acceptors (Lipinski definition) is 3. The lowest BCUT2D eigenvalue weighted by atomic mass is 9.91. The molecule has 2 aliphatic heterocycles. The van der Waals surface area contributed by atoms with E-state index < -0.39 is 0 Å². The molecule has 2 aromatic rings. The van der Waals surface area contributed by atoms with Gasteiger partial charge in [0.2, 0.25) is 5.91 Å². The van der Waals surface area contributed by atoms with Gasteiger partial charge in [-0.3, -0.25) is 9.59 Å². The summed E-state index contributed by atoms with van der Waals surface area (Å²) in [7, 11) is 1.85. The Bertz CT molecular complexity index is 771. The molecule has 1 aromatic carbocycles. The van der Waals surface area contributed by atoms with Crippen LogP contribution in [0.4, 0.5) is 0 Å². The summed E-state index contributed by atoms with van der Waals surface area (Å²) in [5, 5.41) is 0. The zero-order valence-corrected chi connectivity index (χ0v) is 13.6. The minimum Gasteiger partial charge on any atom is -0.345 e. The number of nitrogens with zero attached hydrogens (tertiary/aromatic N) is 3. The van der Waals surface area contributed by atoms with E-state index in [9.17, 15) is 9.59 Å². The monoisotopic (exact) mass is 324 g/mol. The van der Waals surface area contributed by atoms with Crippen LogP contribution in [0.3, 0.4) is 0 Å². The molecule has 2 saturated heterocycles. The Morgan fingerprint density at radius 2 is 2.25 bits per heavy atom. The molecule has 6 heteroatoms. The second-order valence-corrected chi connectivity index (χ2v) is 6.59. The van der Waals surface area contributed by atoms with Gasteiger partial charge < -0.3 is 14.8 Å². The van der Waals surface area contributed by atoms with E-state index in [1.54, 1.807) is 12.4 Å². The van der Waals surface area contributed by atoms with Crippen LogP contribution in [-0.2, 0) is 4.79 Å². The molecule has 2 atom stereocenters. The Morgan fingerprint density at radius 3 is 3.04 bits per heavy atom. The Balaban J connectivity index is 1.54. The van der Waals surface area contributed by atoms with E-state index in [4.69, 9.17) is 0 Å². The van der Waals surface area contributed by atoms with E-state index in [2.05, 4.69) is 9.97 Å². The SMILES string of the molecule is CN1C(=O)C[C@H]2CCN(C(=O)c3cccc(-c4ncc[nH]4)c3)C[C@H]21. The lowest BCUT2D eigenvalue weighted by Gasteiger charge is -2.37. The number of carbonyl (C=O) groups is 2. The topological polar surface area (TPSA) is 69.3 Å². The molecule has 0 bridgehead atoms. The van der Waals surface area contributed by atoms with E-state index in [0.29, 0.717) is 31.0 Å². The number of rotatable bonds is 2. The van der Waals surface area contributed by atoms with Crippen molar-refractivity contribution >= 4 is 11.8 Å². The first kappa shape index (κ1) is 14.9. The summed E-state index contributed by atoms with van der Waals surface area (Å²) >= 11 is 0. The lowest BCUT2D eigenvalue weighted by Crippen LogP contribution is -2.49. The highest BCUT2D eigenvalue weighted by Gasteiger charge is 2.42. The molecule has 0 saturated carbocycles. The van der Waals surface area contributed by atoms with Crippen molar-refractivity contribution < 1.29 is 9.59 Å². The number of likely N-dealkylation sites (tertiary alicyclic amines) is 2. The molecule has 2 amide bonds. The number of hydrogen-bond donors (Lipinski definition) is 1. The van der Waals surface area contributed by atoms with Crippen LogP contribution in [-0.4, -0.2) is 57.8 Å². The van der Waals surface area contributed by atoms with Crippen LogP contribution < -0.4 is 0 Å². The van der Waals surface area contributed by atoms with E-state index in [1.807, 2.05) is 41.1 Å². The number of imidazole rings is 1. The van der Waals surface area contributed by atoms with Crippen LogP contribution in [0.2, 0.25) is 0 Å². The van der Waals surface area contributed by atoms with E-state index in [-0.39, 0.29) is 17.9 Å². The summed E-state index contributed by atoms with van der Waals surface area (Å²) in [4.78, 5) is 35.7. The summed E-state index contributed by atoms with van der Waals surface area (Å²) < 4.78 is 0. The molecular weight excluding hydrogens is 304 g/mol. The first-order chi connectivity index (χ1) is 11.6. The van der Waals surface area contributed by atoms with Gasteiger partial charge in [0.15, 0.2) is 0 Å². The van der Waals surface area contributed by atoms with Crippen molar-refractivity contribution in [2.24, 2.45) is 5.92 Å². The van der Waals surface area contributed by atoms with Gasteiger partial charge >= 0.3 is 0 Å². The molecule has 24 heavy (non-hydrogen) atoms.